The summed E-state index contributed by atoms with van der Waals surface area (Å²) in [6.45, 7) is 8.91. The highest BCUT2D eigenvalue weighted by Gasteiger charge is 2.34. The molecule has 0 N–H and O–H groups in total. The zero-order valence-corrected chi connectivity index (χ0v) is 47.0. The fraction of sp³-hybridized carbons (Fsp3) is 0.406. The Labute approximate surface area is 482 Å². The standard InChI is InChI=1S/C64H71N3O14S/c1-4-7-38-67(64-66-55-18-12-13-19-57(55)82-64)65-44-49-43-54(80-62(72)47-22-20-45(21-23-47)60(70)78-52-32-28-50(29-33-52)74-39-14-8-10-16-41-76-58(68)5-2)36-37-56(49)81-63(73)48-26-24-46(25-27-48)61(71)79-53-34-30-51(31-35-53)75-40-15-9-11-17-42-77-59(69)6-3/h1,5-6,12-13,18-19,28-37,43-48H,2-3,7-11,14-17,20-27,38-42H2/b65-44+. The maximum Gasteiger partial charge on any atom is 0.330 e. The van der Waals surface area contributed by atoms with E-state index >= 15 is 0 Å². The van der Waals surface area contributed by atoms with Gasteiger partial charge in [0, 0.05) is 24.1 Å². The quantitative estimate of drug-likeness (QED) is 0.00769. The molecule has 4 aromatic carbocycles. The number of carbonyl (C=O) groups is 6. The summed E-state index contributed by atoms with van der Waals surface area (Å²) in [5.41, 5.74) is 1.17. The molecular weight excluding hydrogens is 1070 g/mol. The van der Waals surface area contributed by atoms with Crippen molar-refractivity contribution in [2.75, 3.05) is 38.0 Å². The Bertz CT molecular complexity index is 2970. The second-order valence-electron chi connectivity index (χ2n) is 20.0. The highest BCUT2D eigenvalue weighted by atomic mass is 32.1. The van der Waals surface area contributed by atoms with Gasteiger partial charge in [0.05, 0.1) is 73.1 Å². The van der Waals surface area contributed by atoms with Crippen LogP contribution in [0.15, 0.2) is 121 Å². The fourth-order valence-electron chi connectivity index (χ4n) is 9.35. The molecule has 0 radical (unpaired) electrons. The molecule has 0 atom stereocenters. The van der Waals surface area contributed by atoms with Crippen molar-refractivity contribution in [2.24, 2.45) is 28.8 Å². The predicted octanol–water partition coefficient (Wildman–Crippen LogP) is 12.1. The van der Waals surface area contributed by atoms with Crippen LogP contribution in [0.4, 0.5) is 5.13 Å². The van der Waals surface area contributed by atoms with Crippen LogP contribution in [0, 0.1) is 36.0 Å². The van der Waals surface area contributed by atoms with E-state index in [1.165, 1.54) is 17.6 Å². The Morgan fingerprint density at radius 1 is 0.561 bits per heavy atom. The molecule has 2 aliphatic rings. The zero-order chi connectivity index (χ0) is 57.9. The molecule has 5 aromatic rings. The lowest BCUT2D eigenvalue weighted by Crippen LogP contribution is -2.30. The third-order valence-corrected chi connectivity index (χ3v) is 15.1. The van der Waals surface area contributed by atoms with Crippen molar-refractivity contribution >= 4 is 68.7 Å². The Morgan fingerprint density at radius 2 is 0.988 bits per heavy atom. The number of para-hydroxylation sites is 1. The first-order chi connectivity index (χ1) is 40.0. The second kappa shape index (κ2) is 32.8. The Kier molecular flexibility index (Phi) is 24.5. The molecule has 2 saturated carbocycles. The van der Waals surface area contributed by atoms with Crippen LogP contribution in [-0.2, 0) is 38.2 Å². The van der Waals surface area contributed by atoms with Gasteiger partial charge in [0.25, 0.3) is 0 Å². The van der Waals surface area contributed by atoms with Gasteiger partial charge in [-0.15, -0.1) is 12.3 Å². The number of nitrogens with zero attached hydrogens (tertiary/aromatic N) is 3. The van der Waals surface area contributed by atoms with E-state index in [2.05, 4.69) is 19.1 Å². The van der Waals surface area contributed by atoms with Gasteiger partial charge >= 0.3 is 35.8 Å². The van der Waals surface area contributed by atoms with Crippen LogP contribution in [-0.4, -0.2) is 80.0 Å². The van der Waals surface area contributed by atoms with E-state index < -0.39 is 41.6 Å². The van der Waals surface area contributed by atoms with Gasteiger partial charge in [-0.05, 0) is 182 Å². The van der Waals surface area contributed by atoms with E-state index in [4.69, 9.17) is 54.4 Å². The number of hydrogen-bond donors (Lipinski definition) is 0. The highest BCUT2D eigenvalue weighted by molar-refractivity contribution is 7.22. The molecule has 1 heterocycles. The Balaban J connectivity index is 0.897. The number of ether oxygens (including phenoxy) is 8. The molecular formula is C64H71N3O14S. The molecule has 18 heteroatoms. The number of fused-ring (bicyclic) bond motifs is 1. The van der Waals surface area contributed by atoms with E-state index in [-0.39, 0.29) is 29.4 Å². The molecule has 82 heavy (non-hydrogen) atoms. The molecule has 7 rings (SSSR count). The molecule has 1 aromatic heterocycles. The molecule has 0 amide bonds. The lowest BCUT2D eigenvalue weighted by atomic mass is 9.82. The summed E-state index contributed by atoms with van der Waals surface area (Å²) in [6, 6.07) is 26.3. The molecule has 0 unspecified atom stereocenters. The molecule has 0 bridgehead atoms. The predicted molar refractivity (Wildman–Crippen MR) is 311 cm³/mol. The number of esters is 6. The first kappa shape index (κ1) is 61.3. The zero-order valence-electron chi connectivity index (χ0n) is 46.2. The van der Waals surface area contributed by atoms with E-state index in [9.17, 15) is 28.8 Å². The van der Waals surface area contributed by atoms with Gasteiger partial charge in [-0.2, -0.15) is 5.10 Å². The van der Waals surface area contributed by atoms with Gasteiger partial charge < -0.3 is 37.9 Å². The number of rotatable bonds is 31. The van der Waals surface area contributed by atoms with Crippen molar-refractivity contribution in [1.82, 2.24) is 4.98 Å². The third-order valence-electron chi connectivity index (χ3n) is 14.0. The van der Waals surface area contributed by atoms with Crippen LogP contribution < -0.4 is 33.4 Å². The molecule has 2 fully saturated rings. The highest BCUT2D eigenvalue weighted by Crippen LogP contribution is 2.36. The largest absolute Gasteiger partial charge is 0.494 e. The van der Waals surface area contributed by atoms with Crippen molar-refractivity contribution in [1.29, 1.82) is 0 Å². The van der Waals surface area contributed by atoms with E-state index in [0.717, 1.165) is 73.7 Å². The lowest BCUT2D eigenvalue weighted by Gasteiger charge is -2.26. The van der Waals surface area contributed by atoms with Crippen molar-refractivity contribution < 1.29 is 66.7 Å². The van der Waals surface area contributed by atoms with Crippen LogP contribution in [0.2, 0.25) is 0 Å². The van der Waals surface area contributed by atoms with Gasteiger partial charge in [-0.25, -0.2) is 19.6 Å². The lowest BCUT2D eigenvalue weighted by molar-refractivity contribution is -0.145. The number of benzene rings is 4. The maximum absolute atomic E-state index is 13.9. The van der Waals surface area contributed by atoms with Crippen LogP contribution in [0.3, 0.4) is 0 Å². The smallest absolute Gasteiger partial charge is 0.330 e. The van der Waals surface area contributed by atoms with Crippen LogP contribution in [0.25, 0.3) is 10.2 Å². The second-order valence-corrected chi connectivity index (χ2v) is 21.0. The molecule has 432 valence electrons. The van der Waals surface area contributed by atoms with Gasteiger partial charge in [-0.1, -0.05) is 36.6 Å². The maximum atomic E-state index is 13.9. The number of anilines is 1. The number of hydrazone groups is 1. The Hall–Kier alpha value is -8.30. The average molecular weight is 1140 g/mol. The molecule has 0 saturated heterocycles. The number of carbonyl (C=O) groups excluding carboxylic acids is 6. The summed E-state index contributed by atoms with van der Waals surface area (Å²) in [5.74, 6) is 0.992. The van der Waals surface area contributed by atoms with Crippen LogP contribution >= 0.6 is 11.3 Å². The molecule has 0 spiro atoms. The van der Waals surface area contributed by atoms with E-state index in [1.54, 1.807) is 71.7 Å². The normalized spacial score (nSPS) is 16.7. The Morgan fingerprint density at radius 3 is 1.45 bits per heavy atom. The van der Waals surface area contributed by atoms with Crippen LogP contribution in [0.5, 0.6) is 34.5 Å². The number of thiazole rings is 1. The molecule has 0 aliphatic heterocycles. The summed E-state index contributed by atoms with van der Waals surface area (Å²) in [7, 11) is 0. The van der Waals surface area contributed by atoms with Crippen molar-refractivity contribution in [3.63, 3.8) is 0 Å². The monoisotopic (exact) mass is 1140 g/mol. The first-order valence-corrected chi connectivity index (χ1v) is 29.0. The van der Waals surface area contributed by atoms with Crippen molar-refractivity contribution in [2.45, 2.75) is 109 Å². The van der Waals surface area contributed by atoms with Gasteiger partial charge in [0.2, 0.25) is 5.13 Å². The van der Waals surface area contributed by atoms with Crippen molar-refractivity contribution in [3.05, 3.63) is 122 Å². The number of terminal acetylenes is 1. The van der Waals surface area contributed by atoms with Crippen molar-refractivity contribution in [3.8, 4) is 46.8 Å². The number of unbranched alkanes of at least 4 members (excludes halogenated alkanes) is 6. The van der Waals surface area contributed by atoms with E-state index in [0.29, 0.717) is 124 Å². The molecule has 17 nitrogen and oxygen atoms in total. The SMILES string of the molecule is C#CCCN(/N=C/c1cc(OC(=O)C2CCC(C(=O)Oc3ccc(OCCCCCCOC(=O)C=C)cc3)CC2)ccc1OC(=O)C1CCC(C(=O)Oc2ccc(OCCCCCCOC(=O)C=C)cc2)CC1)c1nc2ccccc2s1. The summed E-state index contributed by atoms with van der Waals surface area (Å²) in [5, 5.41) is 7.07. The van der Waals surface area contributed by atoms with Gasteiger partial charge in [0.15, 0.2) is 0 Å². The summed E-state index contributed by atoms with van der Waals surface area (Å²) in [4.78, 5) is 81.1. The summed E-state index contributed by atoms with van der Waals surface area (Å²) in [6.07, 6.45) is 20.2. The third kappa shape index (κ3) is 19.8. The minimum Gasteiger partial charge on any atom is -0.494 e. The summed E-state index contributed by atoms with van der Waals surface area (Å²) < 4.78 is 46.1. The fourth-order valence-corrected chi connectivity index (χ4v) is 10.3. The minimum atomic E-state index is -0.484. The first-order valence-electron chi connectivity index (χ1n) is 28.1. The topological polar surface area (TPSA) is 205 Å². The van der Waals surface area contributed by atoms with Gasteiger partial charge in [-0.3, -0.25) is 19.2 Å². The average Bonchev–Trinajstić information content (AvgIpc) is 4.12. The molecule has 2 aliphatic carbocycles. The van der Waals surface area contributed by atoms with Gasteiger partial charge in [0.1, 0.15) is 34.5 Å². The minimum absolute atomic E-state index is 0.197. The van der Waals surface area contributed by atoms with E-state index in [1.807, 2.05) is 24.3 Å². The van der Waals surface area contributed by atoms with Crippen LogP contribution in [0.1, 0.15) is 115 Å². The number of aromatic nitrogens is 1. The number of hydrogen-bond acceptors (Lipinski definition) is 18. The summed E-state index contributed by atoms with van der Waals surface area (Å²) >= 11 is 1.45.